The maximum Gasteiger partial charge on any atom is 0.133 e. The van der Waals surface area contributed by atoms with Crippen molar-refractivity contribution in [3.05, 3.63) is 41.7 Å². The fourth-order valence-electron chi connectivity index (χ4n) is 4.76. The first kappa shape index (κ1) is 16.5. The summed E-state index contributed by atoms with van der Waals surface area (Å²) in [5.74, 6) is 2.64. The first-order valence-electron chi connectivity index (χ1n) is 9.20. The normalized spacial score (nSPS) is 31.7. The zero-order chi connectivity index (χ0) is 16.4. The average Bonchev–Trinajstić information content (AvgIpc) is 2.60. The topological polar surface area (TPSA) is 20.2 Å². The van der Waals surface area contributed by atoms with Crippen LogP contribution >= 0.6 is 0 Å². The lowest BCUT2D eigenvalue weighted by atomic mass is 9.68. The van der Waals surface area contributed by atoms with Crippen molar-refractivity contribution in [2.75, 3.05) is 0 Å². The Bertz CT molecular complexity index is 549. The highest BCUT2D eigenvalue weighted by atomic mass is 19.1. The first-order chi connectivity index (χ1) is 11.1. The van der Waals surface area contributed by atoms with Crippen LogP contribution in [0.4, 0.5) is 4.39 Å². The molecule has 0 saturated heterocycles. The van der Waals surface area contributed by atoms with Crippen molar-refractivity contribution < 1.29 is 9.50 Å². The van der Waals surface area contributed by atoms with Crippen LogP contribution < -0.4 is 0 Å². The van der Waals surface area contributed by atoms with Gasteiger partial charge in [0.25, 0.3) is 0 Å². The Balaban J connectivity index is 1.59. The molecule has 0 spiro atoms. The molecule has 1 N–H and O–H groups in total. The zero-order valence-corrected chi connectivity index (χ0v) is 14.2. The predicted molar refractivity (Wildman–Crippen MR) is 93.1 cm³/mol. The van der Waals surface area contributed by atoms with Crippen molar-refractivity contribution in [1.29, 1.82) is 0 Å². The van der Waals surface area contributed by atoms with E-state index < -0.39 is 0 Å². The lowest BCUT2D eigenvalue weighted by Gasteiger charge is -2.37. The summed E-state index contributed by atoms with van der Waals surface area (Å²) in [6.45, 7) is 5.60. The quantitative estimate of drug-likeness (QED) is 0.667. The van der Waals surface area contributed by atoms with E-state index in [2.05, 4.69) is 12.7 Å². The van der Waals surface area contributed by atoms with E-state index in [1.807, 2.05) is 0 Å². The van der Waals surface area contributed by atoms with Crippen LogP contribution in [0.2, 0.25) is 0 Å². The number of allylic oxidation sites excluding steroid dienone is 1. The highest BCUT2D eigenvalue weighted by molar-refractivity contribution is 5.38. The molecule has 0 amide bonds. The van der Waals surface area contributed by atoms with E-state index in [9.17, 15) is 9.50 Å². The first-order valence-corrected chi connectivity index (χ1v) is 9.20. The highest BCUT2D eigenvalue weighted by Crippen LogP contribution is 2.44. The summed E-state index contributed by atoms with van der Waals surface area (Å²) in [6, 6.07) is 3.44. The van der Waals surface area contributed by atoms with Gasteiger partial charge < -0.3 is 5.11 Å². The fraction of sp³-hybridized carbons (Fsp3) is 0.619. The van der Waals surface area contributed by atoms with Crippen LogP contribution in [0.25, 0.3) is 0 Å². The molecule has 1 nitrogen and oxygen atoms in total. The van der Waals surface area contributed by atoms with Crippen LogP contribution in [-0.4, -0.2) is 5.11 Å². The number of phenolic OH excluding ortho intramolecular Hbond substituents is 1. The molecule has 0 aromatic heterocycles. The molecule has 2 fully saturated rings. The van der Waals surface area contributed by atoms with Crippen LogP contribution in [0.1, 0.15) is 68.4 Å². The number of rotatable bonds is 3. The molecule has 0 atom stereocenters. The molecule has 2 heteroatoms. The summed E-state index contributed by atoms with van der Waals surface area (Å²) in [5.41, 5.74) is 1.21. The Morgan fingerprint density at radius 1 is 1.00 bits per heavy atom. The standard InChI is InChI=1S/C21H29FO/c1-3-15-4-6-16(7-5-15)17-8-10-18(11-9-17)19-12-13-20(23)14(2)21(19)22/h3,12-13,15-18,23H,1,4-11H2,2H3. The Morgan fingerprint density at radius 3 is 2.13 bits per heavy atom. The van der Waals surface area contributed by atoms with Gasteiger partial charge in [0.1, 0.15) is 11.6 Å². The van der Waals surface area contributed by atoms with E-state index in [4.69, 9.17) is 0 Å². The Hall–Kier alpha value is -1.31. The van der Waals surface area contributed by atoms with Crippen molar-refractivity contribution >= 4 is 0 Å². The number of aromatic hydroxyl groups is 1. The Kier molecular flexibility index (Phi) is 5.08. The third kappa shape index (κ3) is 3.46. The van der Waals surface area contributed by atoms with Gasteiger partial charge in [0.15, 0.2) is 0 Å². The van der Waals surface area contributed by atoms with Crippen molar-refractivity contribution in [2.45, 2.75) is 64.2 Å². The van der Waals surface area contributed by atoms with Crippen molar-refractivity contribution in [3.63, 3.8) is 0 Å². The molecule has 0 aliphatic heterocycles. The third-order valence-corrected chi connectivity index (χ3v) is 6.42. The maximum absolute atomic E-state index is 14.4. The molecule has 0 heterocycles. The van der Waals surface area contributed by atoms with Gasteiger partial charge in [-0.3, -0.25) is 0 Å². The van der Waals surface area contributed by atoms with Gasteiger partial charge in [-0.1, -0.05) is 12.1 Å². The second-order valence-corrected chi connectivity index (χ2v) is 7.64. The van der Waals surface area contributed by atoms with Gasteiger partial charge in [-0.2, -0.15) is 0 Å². The Morgan fingerprint density at radius 2 is 1.57 bits per heavy atom. The van der Waals surface area contributed by atoms with E-state index in [0.717, 1.165) is 36.2 Å². The molecular formula is C21H29FO. The molecule has 0 bridgehead atoms. The largest absolute Gasteiger partial charge is 0.508 e. The zero-order valence-electron chi connectivity index (χ0n) is 14.2. The van der Waals surface area contributed by atoms with Gasteiger partial charge in [0.05, 0.1) is 0 Å². The monoisotopic (exact) mass is 316 g/mol. The van der Waals surface area contributed by atoms with Crippen molar-refractivity contribution in [3.8, 4) is 5.75 Å². The van der Waals surface area contributed by atoms with Gasteiger partial charge >= 0.3 is 0 Å². The predicted octanol–water partition coefficient (Wildman–Crippen LogP) is 6.11. The second kappa shape index (κ2) is 7.07. The molecule has 2 saturated carbocycles. The summed E-state index contributed by atoms with van der Waals surface area (Å²) in [4.78, 5) is 0. The van der Waals surface area contributed by atoms with Crippen molar-refractivity contribution in [2.24, 2.45) is 17.8 Å². The van der Waals surface area contributed by atoms with Gasteiger partial charge in [-0.25, -0.2) is 4.39 Å². The van der Waals surface area contributed by atoms with Crippen LogP contribution in [0.15, 0.2) is 24.8 Å². The molecule has 126 valence electrons. The van der Waals surface area contributed by atoms with E-state index >= 15 is 0 Å². The van der Waals surface area contributed by atoms with Crippen molar-refractivity contribution in [1.82, 2.24) is 0 Å². The number of hydrogen-bond donors (Lipinski definition) is 1. The van der Waals surface area contributed by atoms with E-state index in [0.29, 0.717) is 11.5 Å². The van der Waals surface area contributed by atoms with Crippen LogP contribution in [0.3, 0.4) is 0 Å². The van der Waals surface area contributed by atoms with Crippen LogP contribution in [0, 0.1) is 30.5 Å². The number of halogens is 1. The van der Waals surface area contributed by atoms with Gasteiger partial charge in [0.2, 0.25) is 0 Å². The number of benzene rings is 1. The smallest absolute Gasteiger partial charge is 0.133 e. The average molecular weight is 316 g/mol. The van der Waals surface area contributed by atoms with Gasteiger partial charge in [0, 0.05) is 5.56 Å². The Labute approximate surface area is 139 Å². The van der Waals surface area contributed by atoms with E-state index in [1.54, 1.807) is 19.1 Å². The number of phenols is 1. The summed E-state index contributed by atoms with van der Waals surface area (Å²) in [5, 5.41) is 9.63. The second-order valence-electron chi connectivity index (χ2n) is 7.64. The minimum absolute atomic E-state index is 0.0684. The lowest BCUT2D eigenvalue weighted by molar-refractivity contribution is 0.171. The SMILES string of the molecule is C=CC1CCC(C2CCC(c3ccc(O)c(C)c3F)CC2)CC1. The maximum atomic E-state index is 14.4. The van der Waals surface area contributed by atoms with E-state index in [-0.39, 0.29) is 11.6 Å². The van der Waals surface area contributed by atoms with E-state index in [1.165, 1.54) is 38.5 Å². The molecule has 0 unspecified atom stereocenters. The molecule has 1 aromatic carbocycles. The highest BCUT2D eigenvalue weighted by Gasteiger charge is 2.31. The van der Waals surface area contributed by atoms with Crippen LogP contribution in [0.5, 0.6) is 5.75 Å². The molecule has 2 aliphatic rings. The molecule has 3 rings (SSSR count). The summed E-state index contributed by atoms with van der Waals surface area (Å²) in [6.07, 6.45) is 12.1. The van der Waals surface area contributed by atoms with Crippen LogP contribution in [-0.2, 0) is 0 Å². The molecule has 2 aliphatic carbocycles. The number of hydrogen-bond acceptors (Lipinski definition) is 1. The molecular weight excluding hydrogens is 287 g/mol. The van der Waals surface area contributed by atoms with Gasteiger partial charge in [-0.05, 0) is 93.6 Å². The molecule has 0 radical (unpaired) electrons. The fourth-order valence-corrected chi connectivity index (χ4v) is 4.76. The van der Waals surface area contributed by atoms with Gasteiger partial charge in [-0.15, -0.1) is 6.58 Å². The minimum Gasteiger partial charge on any atom is -0.508 e. The summed E-state index contributed by atoms with van der Waals surface area (Å²) >= 11 is 0. The molecule has 23 heavy (non-hydrogen) atoms. The summed E-state index contributed by atoms with van der Waals surface area (Å²) in [7, 11) is 0. The molecule has 1 aromatic rings. The minimum atomic E-state index is -0.194. The summed E-state index contributed by atoms with van der Waals surface area (Å²) < 4.78 is 14.4. The third-order valence-electron chi connectivity index (χ3n) is 6.42. The lowest BCUT2D eigenvalue weighted by Crippen LogP contribution is -2.25.